The number of benzene rings is 2. The lowest BCUT2D eigenvalue weighted by atomic mass is 10.1. The highest BCUT2D eigenvalue weighted by Crippen LogP contribution is 2.37. The lowest BCUT2D eigenvalue weighted by molar-refractivity contribution is -0.384. The molecule has 0 saturated carbocycles. The smallest absolute Gasteiger partial charge is 0.418 e. The van der Waals surface area contributed by atoms with Crippen LogP contribution in [0.5, 0.6) is 0 Å². The Morgan fingerprint density at radius 3 is 2.41 bits per heavy atom. The topological polar surface area (TPSA) is 128 Å². The number of rotatable bonds is 7. The number of halogens is 4. The number of alkyl halides is 3. The van der Waals surface area contributed by atoms with Gasteiger partial charge in [-0.3, -0.25) is 19.7 Å². The number of hydrogen-bond acceptors (Lipinski definition) is 7. The van der Waals surface area contributed by atoms with Crippen molar-refractivity contribution in [1.29, 1.82) is 0 Å². The second-order valence-electron chi connectivity index (χ2n) is 7.36. The Balaban J connectivity index is 2.00. The summed E-state index contributed by atoms with van der Waals surface area (Å²) in [6.07, 6.45) is -4.73. The maximum absolute atomic E-state index is 13.3. The molecule has 37 heavy (non-hydrogen) atoms. The molecular formula is C23H17ClF3N3O6S. The minimum absolute atomic E-state index is 0.0363. The van der Waals surface area contributed by atoms with Crippen molar-refractivity contribution in [2.24, 2.45) is 0 Å². The molecule has 0 aliphatic rings. The van der Waals surface area contributed by atoms with Crippen LogP contribution in [0.15, 0.2) is 42.5 Å². The highest BCUT2D eigenvalue weighted by atomic mass is 35.5. The van der Waals surface area contributed by atoms with Gasteiger partial charge in [-0.05, 0) is 43.7 Å². The summed E-state index contributed by atoms with van der Waals surface area (Å²) >= 11 is 6.41. The predicted octanol–water partition coefficient (Wildman–Crippen LogP) is 6.32. The number of carbonyl (C=O) groups excluding carboxylic acids is 3. The zero-order chi connectivity index (χ0) is 27.5. The lowest BCUT2D eigenvalue weighted by Gasteiger charge is -2.13. The van der Waals surface area contributed by atoms with Crippen molar-refractivity contribution in [1.82, 2.24) is 0 Å². The SMILES string of the molecule is CCOC(=O)c1c(NC(=O)c2ccc(Cl)c([N+](=O)[O-])c2)sc(C(=O)Nc2ccccc2C(F)(F)F)c1C. The van der Waals surface area contributed by atoms with Gasteiger partial charge in [0.1, 0.15) is 10.0 Å². The molecule has 0 unspecified atom stereocenters. The molecule has 0 saturated heterocycles. The molecule has 3 aromatic rings. The minimum Gasteiger partial charge on any atom is -0.462 e. The van der Waals surface area contributed by atoms with Gasteiger partial charge in [-0.1, -0.05) is 23.7 Å². The van der Waals surface area contributed by atoms with Crippen LogP contribution in [0, 0.1) is 17.0 Å². The molecule has 0 radical (unpaired) electrons. The van der Waals surface area contributed by atoms with E-state index in [-0.39, 0.29) is 38.2 Å². The summed E-state index contributed by atoms with van der Waals surface area (Å²) in [5, 5.41) is 15.4. The number of nitrogens with one attached hydrogen (secondary N) is 2. The average molecular weight is 556 g/mol. The fourth-order valence-corrected chi connectivity index (χ4v) is 4.53. The summed E-state index contributed by atoms with van der Waals surface area (Å²) in [7, 11) is 0. The van der Waals surface area contributed by atoms with Crippen molar-refractivity contribution in [3.63, 3.8) is 0 Å². The van der Waals surface area contributed by atoms with Gasteiger partial charge in [0.2, 0.25) is 0 Å². The highest BCUT2D eigenvalue weighted by Gasteiger charge is 2.34. The molecule has 0 atom stereocenters. The maximum Gasteiger partial charge on any atom is 0.418 e. The predicted molar refractivity (Wildman–Crippen MR) is 130 cm³/mol. The van der Waals surface area contributed by atoms with Gasteiger partial charge < -0.3 is 15.4 Å². The zero-order valence-corrected chi connectivity index (χ0v) is 20.6. The zero-order valence-electron chi connectivity index (χ0n) is 19.1. The van der Waals surface area contributed by atoms with Crippen LogP contribution in [0.3, 0.4) is 0 Å². The molecule has 0 spiro atoms. The summed E-state index contributed by atoms with van der Waals surface area (Å²) in [6, 6.07) is 7.66. The number of thiophene rings is 1. The third kappa shape index (κ3) is 6.06. The monoisotopic (exact) mass is 555 g/mol. The van der Waals surface area contributed by atoms with Crippen LogP contribution < -0.4 is 10.6 Å². The standard InChI is InChI=1S/C23H17ClF3N3O6S/c1-3-36-22(33)17-11(2)18(20(32)28-15-7-5-4-6-13(15)23(25,26)27)37-21(17)29-19(31)12-8-9-14(24)16(10-12)30(34)35/h4-10H,3H2,1-2H3,(H,28,32)(H,29,31). The van der Waals surface area contributed by atoms with Gasteiger partial charge in [-0.25, -0.2) is 4.79 Å². The molecule has 1 heterocycles. The Hall–Kier alpha value is -3.97. The molecule has 0 aliphatic carbocycles. The van der Waals surface area contributed by atoms with Crippen LogP contribution in [0.25, 0.3) is 0 Å². The van der Waals surface area contributed by atoms with E-state index in [4.69, 9.17) is 16.3 Å². The Kier molecular flexibility index (Phi) is 8.18. The van der Waals surface area contributed by atoms with Gasteiger partial charge in [-0.2, -0.15) is 13.2 Å². The van der Waals surface area contributed by atoms with Gasteiger partial charge >= 0.3 is 12.1 Å². The molecule has 0 bridgehead atoms. The van der Waals surface area contributed by atoms with Crippen molar-refractivity contribution >= 4 is 57.1 Å². The Labute approximate surface area is 216 Å². The molecule has 3 rings (SSSR count). The first kappa shape index (κ1) is 27.6. The van der Waals surface area contributed by atoms with Gasteiger partial charge in [0.05, 0.1) is 33.2 Å². The van der Waals surface area contributed by atoms with E-state index in [9.17, 15) is 37.7 Å². The molecule has 2 aromatic carbocycles. The van der Waals surface area contributed by atoms with Gasteiger partial charge in [0.15, 0.2) is 0 Å². The van der Waals surface area contributed by atoms with Crippen LogP contribution >= 0.6 is 22.9 Å². The third-order valence-corrected chi connectivity index (χ3v) is 6.47. The Bertz CT molecular complexity index is 1410. The maximum atomic E-state index is 13.3. The van der Waals surface area contributed by atoms with Crippen molar-refractivity contribution < 1.29 is 37.2 Å². The largest absolute Gasteiger partial charge is 0.462 e. The van der Waals surface area contributed by atoms with E-state index in [1.165, 1.54) is 32.0 Å². The first-order chi connectivity index (χ1) is 17.3. The summed E-state index contributed by atoms with van der Waals surface area (Å²) in [6.45, 7) is 2.87. The molecule has 2 amide bonds. The third-order valence-electron chi connectivity index (χ3n) is 4.95. The van der Waals surface area contributed by atoms with E-state index in [1.807, 2.05) is 0 Å². The van der Waals surface area contributed by atoms with E-state index in [0.29, 0.717) is 11.3 Å². The molecule has 9 nitrogen and oxygen atoms in total. The Morgan fingerprint density at radius 1 is 1.11 bits per heavy atom. The summed E-state index contributed by atoms with van der Waals surface area (Å²) in [5.41, 5.74) is -2.38. The second kappa shape index (κ2) is 11.0. The van der Waals surface area contributed by atoms with Crippen LogP contribution in [0.4, 0.5) is 29.5 Å². The number of hydrogen-bond donors (Lipinski definition) is 2. The molecule has 0 aliphatic heterocycles. The van der Waals surface area contributed by atoms with Gasteiger partial charge in [0, 0.05) is 11.6 Å². The molecule has 0 fully saturated rings. The minimum atomic E-state index is -4.73. The van der Waals surface area contributed by atoms with E-state index >= 15 is 0 Å². The average Bonchev–Trinajstić information content (AvgIpc) is 3.14. The van der Waals surface area contributed by atoms with E-state index in [0.717, 1.165) is 24.3 Å². The number of ether oxygens (including phenoxy) is 1. The second-order valence-corrected chi connectivity index (χ2v) is 8.78. The van der Waals surface area contributed by atoms with Crippen molar-refractivity contribution in [2.45, 2.75) is 20.0 Å². The number of carbonyl (C=O) groups is 3. The van der Waals surface area contributed by atoms with Gasteiger partial charge in [0.25, 0.3) is 17.5 Å². The van der Waals surface area contributed by atoms with Crippen LogP contribution in [0.2, 0.25) is 5.02 Å². The molecule has 14 heteroatoms. The van der Waals surface area contributed by atoms with Crippen LogP contribution in [-0.2, 0) is 10.9 Å². The van der Waals surface area contributed by atoms with E-state index in [2.05, 4.69) is 10.6 Å². The summed E-state index contributed by atoms with van der Waals surface area (Å²) in [4.78, 5) is 48.6. The number of esters is 1. The molecule has 194 valence electrons. The summed E-state index contributed by atoms with van der Waals surface area (Å²) < 4.78 is 45.0. The number of para-hydroxylation sites is 1. The number of amides is 2. The lowest BCUT2D eigenvalue weighted by Crippen LogP contribution is -2.17. The number of nitro benzene ring substituents is 1. The quantitative estimate of drug-likeness (QED) is 0.199. The van der Waals surface area contributed by atoms with Gasteiger partial charge in [-0.15, -0.1) is 11.3 Å². The van der Waals surface area contributed by atoms with E-state index < -0.39 is 45.8 Å². The number of anilines is 2. The first-order valence-corrected chi connectivity index (χ1v) is 11.6. The van der Waals surface area contributed by atoms with Crippen LogP contribution in [-0.4, -0.2) is 29.3 Å². The fourth-order valence-electron chi connectivity index (χ4n) is 3.25. The van der Waals surface area contributed by atoms with Crippen molar-refractivity contribution in [3.05, 3.63) is 84.7 Å². The Morgan fingerprint density at radius 2 is 1.78 bits per heavy atom. The highest BCUT2D eigenvalue weighted by molar-refractivity contribution is 7.19. The molecule has 1 aromatic heterocycles. The van der Waals surface area contributed by atoms with Crippen molar-refractivity contribution in [2.75, 3.05) is 17.2 Å². The molecular weight excluding hydrogens is 539 g/mol. The fraction of sp³-hybridized carbons (Fsp3) is 0.174. The van der Waals surface area contributed by atoms with Crippen LogP contribution in [0.1, 0.15) is 48.4 Å². The molecule has 2 N–H and O–H groups in total. The normalized spacial score (nSPS) is 11.1. The van der Waals surface area contributed by atoms with E-state index in [1.54, 1.807) is 0 Å². The number of nitrogens with zero attached hydrogens (tertiary/aromatic N) is 1. The summed E-state index contributed by atoms with van der Waals surface area (Å²) in [5.74, 6) is -2.70. The number of nitro groups is 1. The first-order valence-electron chi connectivity index (χ1n) is 10.4. The van der Waals surface area contributed by atoms with Crippen molar-refractivity contribution in [3.8, 4) is 0 Å².